The third kappa shape index (κ3) is 7.63. The largest absolute Gasteiger partial charge is 0.416 e. The normalized spacial score (nSPS) is 22.7. The van der Waals surface area contributed by atoms with Crippen molar-refractivity contribution in [1.82, 2.24) is 10.3 Å². The van der Waals surface area contributed by atoms with E-state index in [4.69, 9.17) is 0 Å². The average molecular weight is 544 g/mol. The minimum atomic E-state index is -4.31. The number of alkyl halides is 3. The SMILES string of the molecule is C=CSC(C)=NC(=C)c1ccnc(NC2CCCCC2NC2CCCN(c3ccc(C(F)(F)F)cc3)C2)c1. The lowest BCUT2D eigenvalue weighted by Crippen LogP contribution is -2.55. The number of aliphatic imine (C=N–C) groups is 1. The number of halogens is 3. The fourth-order valence-electron chi connectivity index (χ4n) is 5.30. The highest BCUT2D eigenvalue weighted by atomic mass is 32.2. The van der Waals surface area contributed by atoms with Gasteiger partial charge >= 0.3 is 6.18 Å². The standard InChI is InChI=1S/C29H36F3N5S/c1-4-38-21(3)34-20(2)22-15-16-33-28(18-22)36-27-10-6-5-9-26(27)35-24-8-7-17-37(19-24)25-13-11-23(12-14-25)29(30,31)32/h4,11-16,18,24,26-27,35H,1-2,5-10,17,19H2,3H3,(H,33,36). The molecule has 0 bridgehead atoms. The Morgan fingerprint density at radius 2 is 1.84 bits per heavy atom. The van der Waals surface area contributed by atoms with Crippen LogP contribution in [0.3, 0.4) is 0 Å². The molecule has 0 spiro atoms. The summed E-state index contributed by atoms with van der Waals surface area (Å²) in [5.74, 6) is 0.807. The van der Waals surface area contributed by atoms with Crippen molar-refractivity contribution in [2.75, 3.05) is 23.3 Å². The first-order valence-corrected chi connectivity index (χ1v) is 14.0. The molecule has 0 amide bonds. The van der Waals surface area contributed by atoms with Gasteiger partial charge in [0, 0.05) is 48.7 Å². The molecule has 4 rings (SSSR count). The van der Waals surface area contributed by atoms with Crippen molar-refractivity contribution in [3.63, 3.8) is 0 Å². The molecule has 1 aliphatic carbocycles. The van der Waals surface area contributed by atoms with Crippen LogP contribution >= 0.6 is 11.8 Å². The third-order valence-corrected chi connectivity index (χ3v) is 7.77. The van der Waals surface area contributed by atoms with Crippen LogP contribution in [0.25, 0.3) is 5.70 Å². The maximum atomic E-state index is 13.0. The van der Waals surface area contributed by atoms with Gasteiger partial charge in [-0.15, -0.1) is 0 Å². The molecule has 5 nitrogen and oxygen atoms in total. The molecule has 3 atom stereocenters. The van der Waals surface area contributed by atoms with Gasteiger partial charge in [-0.3, -0.25) is 0 Å². The van der Waals surface area contributed by atoms with Crippen molar-refractivity contribution in [2.24, 2.45) is 4.99 Å². The van der Waals surface area contributed by atoms with Crippen LogP contribution in [0.4, 0.5) is 24.7 Å². The number of pyridine rings is 1. The number of rotatable bonds is 8. The molecule has 2 fully saturated rings. The molecule has 2 aromatic rings. The topological polar surface area (TPSA) is 52.6 Å². The molecule has 1 saturated heterocycles. The molecular weight excluding hydrogens is 507 g/mol. The number of anilines is 2. The summed E-state index contributed by atoms with van der Waals surface area (Å²) >= 11 is 1.47. The Labute approximate surface area is 227 Å². The van der Waals surface area contributed by atoms with E-state index in [1.807, 2.05) is 19.1 Å². The van der Waals surface area contributed by atoms with E-state index in [2.05, 4.69) is 38.7 Å². The minimum absolute atomic E-state index is 0.239. The highest BCUT2D eigenvalue weighted by molar-refractivity contribution is 8.16. The van der Waals surface area contributed by atoms with Crippen LogP contribution in [0.15, 0.2) is 66.2 Å². The predicted octanol–water partition coefficient (Wildman–Crippen LogP) is 7.35. The minimum Gasteiger partial charge on any atom is -0.370 e. The fraction of sp³-hybridized carbons (Fsp3) is 0.448. The van der Waals surface area contributed by atoms with Crippen molar-refractivity contribution in [3.05, 3.63) is 72.3 Å². The van der Waals surface area contributed by atoms with Gasteiger partial charge in [-0.1, -0.05) is 37.8 Å². The van der Waals surface area contributed by atoms with E-state index in [1.165, 1.54) is 30.3 Å². The highest BCUT2D eigenvalue weighted by Gasteiger charge is 2.32. The summed E-state index contributed by atoms with van der Waals surface area (Å²) in [6, 6.07) is 10.2. The van der Waals surface area contributed by atoms with Crippen LogP contribution in [-0.2, 0) is 6.18 Å². The van der Waals surface area contributed by atoms with Crippen molar-refractivity contribution < 1.29 is 13.2 Å². The zero-order chi connectivity index (χ0) is 27.1. The summed E-state index contributed by atoms with van der Waals surface area (Å²) in [7, 11) is 0. The molecule has 38 heavy (non-hydrogen) atoms. The number of piperidine rings is 1. The van der Waals surface area contributed by atoms with Gasteiger partial charge in [-0.2, -0.15) is 13.2 Å². The Morgan fingerprint density at radius 3 is 2.55 bits per heavy atom. The molecule has 2 heterocycles. The zero-order valence-corrected chi connectivity index (χ0v) is 22.6. The first kappa shape index (κ1) is 28.2. The Hall–Kier alpha value is -2.78. The maximum Gasteiger partial charge on any atom is 0.416 e. The maximum absolute atomic E-state index is 13.0. The molecule has 2 N–H and O–H groups in total. The van der Waals surface area contributed by atoms with Crippen molar-refractivity contribution in [2.45, 2.75) is 69.8 Å². The van der Waals surface area contributed by atoms with Gasteiger partial charge in [0.05, 0.1) is 16.3 Å². The summed E-state index contributed by atoms with van der Waals surface area (Å²) < 4.78 is 38.9. The number of nitrogens with zero attached hydrogens (tertiary/aromatic N) is 3. The van der Waals surface area contributed by atoms with Gasteiger partial charge < -0.3 is 15.5 Å². The zero-order valence-electron chi connectivity index (χ0n) is 21.8. The molecule has 9 heteroatoms. The van der Waals surface area contributed by atoms with Crippen LogP contribution < -0.4 is 15.5 Å². The average Bonchev–Trinajstić information content (AvgIpc) is 2.90. The number of thioether (sulfide) groups is 1. The molecule has 1 aromatic heterocycles. The summed E-state index contributed by atoms with van der Waals surface area (Å²) in [6.45, 7) is 11.4. The van der Waals surface area contributed by atoms with E-state index in [-0.39, 0.29) is 12.1 Å². The predicted molar refractivity (Wildman–Crippen MR) is 154 cm³/mol. The summed E-state index contributed by atoms with van der Waals surface area (Å²) in [5, 5.41) is 10.2. The number of benzene rings is 1. The van der Waals surface area contributed by atoms with Crippen LogP contribution in [0.2, 0.25) is 0 Å². The summed E-state index contributed by atoms with van der Waals surface area (Å²) in [4.78, 5) is 11.3. The Morgan fingerprint density at radius 1 is 1.11 bits per heavy atom. The van der Waals surface area contributed by atoms with E-state index in [0.29, 0.717) is 11.7 Å². The van der Waals surface area contributed by atoms with Crippen LogP contribution in [-0.4, -0.2) is 41.2 Å². The quantitative estimate of drug-likeness (QED) is 0.269. The van der Waals surface area contributed by atoms with Gasteiger partial charge in [0.15, 0.2) is 0 Å². The van der Waals surface area contributed by atoms with E-state index in [0.717, 1.165) is 67.3 Å². The lowest BCUT2D eigenvalue weighted by molar-refractivity contribution is -0.137. The Bertz CT molecular complexity index is 1130. The van der Waals surface area contributed by atoms with Crippen LogP contribution in [0.5, 0.6) is 0 Å². The fourth-order valence-corrected chi connectivity index (χ4v) is 5.70. The lowest BCUT2D eigenvalue weighted by Gasteiger charge is -2.40. The second-order valence-electron chi connectivity index (χ2n) is 9.93. The van der Waals surface area contributed by atoms with Gasteiger partial charge in [0.1, 0.15) is 5.82 Å². The number of nitrogens with one attached hydrogen (secondary N) is 2. The second-order valence-corrected chi connectivity index (χ2v) is 11.1. The van der Waals surface area contributed by atoms with E-state index in [9.17, 15) is 13.2 Å². The van der Waals surface area contributed by atoms with E-state index < -0.39 is 11.7 Å². The molecule has 3 unspecified atom stereocenters. The molecular formula is C29H36F3N5S. The summed E-state index contributed by atoms with van der Waals surface area (Å²) in [5.41, 5.74) is 1.84. The molecule has 0 radical (unpaired) electrons. The highest BCUT2D eigenvalue weighted by Crippen LogP contribution is 2.31. The Kier molecular flexibility index (Phi) is 9.54. The first-order valence-electron chi connectivity index (χ1n) is 13.2. The van der Waals surface area contributed by atoms with Crippen LogP contribution in [0.1, 0.15) is 56.6 Å². The van der Waals surface area contributed by atoms with E-state index in [1.54, 1.807) is 23.7 Å². The third-order valence-electron chi connectivity index (χ3n) is 7.17. The smallest absolute Gasteiger partial charge is 0.370 e. The monoisotopic (exact) mass is 543 g/mol. The molecule has 1 aliphatic heterocycles. The van der Waals surface area contributed by atoms with Crippen molar-refractivity contribution >= 4 is 34.0 Å². The van der Waals surface area contributed by atoms with Crippen molar-refractivity contribution in [1.29, 1.82) is 0 Å². The lowest BCUT2D eigenvalue weighted by atomic mass is 9.89. The Balaban J connectivity index is 1.39. The number of hydrogen-bond donors (Lipinski definition) is 2. The molecule has 204 valence electrons. The van der Waals surface area contributed by atoms with E-state index >= 15 is 0 Å². The molecule has 1 aromatic carbocycles. The van der Waals surface area contributed by atoms with Crippen LogP contribution in [0, 0.1) is 0 Å². The first-order chi connectivity index (χ1) is 18.2. The van der Waals surface area contributed by atoms with Crippen molar-refractivity contribution in [3.8, 4) is 0 Å². The molecule has 1 saturated carbocycles. The van der Waals surface area contributed by atoms with Gasteiger partial charge in [-0.25, -0.2) is 9.98 Å². The van der Waals surface area contributed by atoms with Gasteiger partial charge in [-0.05, 0) is 74.4 Å². The number of hydrogen-bond acceptors (Lipinski definition) is 6. The second kappa shape index (κ2) is 12.8. The van der Waals surface area contributed by atoms with Gasteiger partial charge in [0.2, 0.25) is 0 Å². The summed E-state index contributed by atoms with van der Waals surface area (Å²) in [6.07, 6.45) is 3.97. The molecule has 2 aliphatic rings. The number of aromatic nitrogens is 1. The van der Waals surface area contributed by atoms with Gasteiger partial charge in [0.25, 0.3) is 0 Å².